The molecule has 0 aromatic heterocycles. The van der Waals surface area contributed by atoms with E-state index >= 15 is 0 Å². The number of carbonyl (C=O) groups excluding carboxylic acids is 1. The van der Waals surface area contributed by atoms with Crippen LogP contribution in [0.25, 0.3) is 0 Å². The first-order chi connectivity index (χ1) is 9.22. The van der Waals surface area contributed by atoms with E-state index in [-0.39, 0.29) is 12.0 Å². The SMILES string of the molecule is CCC1(C(=O)N2CCN(CCO)CC2)CCCNC1. The lowest BCUT2D eigenvalue weighted by Crippen LogP contribution is -2.56. The molecule has 19 heavy (non-hydrogen) atoms. The minimum Gasteiger partial charge on any atom is -0.395 e. The second-order valence-corrected chi connectivity index (χ2v) is 5.77. The van der Waals surface area contributed by atoms with Crippen molar-refractivity contribution >= 4 is 5.91 Å². The predicted molar refractivity (Wildman–Crippen MR) is 74.9 cm³/mol. The van der Waals surface area contributed by atoms with E-state index < -0.39 is 0 Å². The Morgan fingerprint density at radius 1 is 1.32 bits per heavy atom. The van der Waals surface area contributed by atoms with E-state index in [2.05, 4.69) is 17.1 Å². The second kappa shape index (κ2) is 6.68. The van der Waals surface area contributed by atoms with Gasteiger partial charge < -0.3 is 15.3 Å². The fourth-order valence-electron chi connectivity index (χ4n) is 3.25. The van der Waals surface area contributed by atoms with Crippen LogP contribution in [0.15, 0.2) is 0 Å². The van der Waals surface area contributed by atoms with Crippen molar-refractivity contribution in [3.63, 3.8) is 0 Å². The van der Waals surface area contributed by atoms with E-state index in [1.165, 1.54) is 0 Å². The maximum absolute atomic E-state index is 12.8. The molecule has 1 unspecified atom stereocenters. The lowest BCUT2D eigenvalue weighted by molar-refractivity contribution is -0.145. The van der Waals surface area contributed by atoms with Crippen molar-refractivity contribution in [1.82, 2.24) is 15.1 Å². The molecule has 0 aromatic rings. The molecule has 0 aromatic carbocycles. The van der Waals surface area contributed by atoms with Crippen LogP contribution in [0.2, 0.25) is 0 Å². The van der Waals surface area contributed by atoms with Crippen molar-refractivity contribution in [2.24, 2.45) is 5.41 Å². The molecule has 2 aliphatic rings. The molecule has 5 heteroatoms. The average Bonchev–Trinajstić information content (AvgIpc) is 2.48. The van der Waals surface area contributed by atoms with Crippen LogP contribution in [0, 0.1) is 5.41 Å². The van der Waals surface area contributed by atoms with Gasteiger partial charge in [-0.2, -0.15) is 0 Å². The number of nitrogens with zero attached hydrogens (tertiary/aromatic N) is 2. The van der Waals surface area contributed by atoms with Gasteiger partial charge in [-0.25, -0.2) is 0 Å². The van der Waals surface area contributed by atoms with Crippen LogP contribution < -0.4 is 5.32 Å². The molecule has 0 bridgehead atoms. The van der Waals surface area contributed by atoms with Gasteiger partial charge in [-0.3, -0.25) is 9.69 Å². The van der Waals surface area contributed by atoms with Gasteiger partial charge in [0.05, 0.1) is 12.0 Å². The summed E-state index contributed by atoms with van der Waals surface area (Å²) in [4.78, 5) is 17.0. The van der Waals surface area contributed by atoms with Crippen LogP contribution in [0.4, 0.5) is 0 Å². The maximum atomic E-state index is 12.8. The first kappa shape index (κ1) is 14.8. The van der Waals surface area contributed by atoms with Crippen molar-refractivity contribution in [1.29, 1.82) is 0 Å². The molecule has 2 fully saturated rings. The van der Waals surface area contributed by atoms with Gasteiger partial charge in [-0.1, -0.05) is 6.92 Å². The summed E-state index contributed by atoms with van der Waals surface area (Å²) in [7, 11) is 0. The van der Waals surface area contributed by atoms with Crippen LogP contribution in [0.1, 0.15) is 26.2 Å². The lowest BCUT2D eigenvalue weighted by atomic mass is 9.77. The standard InChI is InChI=1S/C14H27N3O2/c1-2-14(4-3-5-15-12-14)13(19)17-8-6-16(7-9-17)10-11-18/h15,18H,2-12H2,1H3. The molecule has 2 heterocycles. The summed E-state index contributed by atoms with van der Waals surface area (Å²) >= 11 is 0. The Bertz CT molecular complexity index is 295. The zero-order valence-corrected chi connectivity index (χ0v) is 12.0. The highest BCUT2D eigenvalue weighted by Crippen LogP contribution is 2.32. The summed E-state index contributed by atoms with van der Waals surface area (Å²) in [5.74, 6) is 0.339. The molecule has 0 radical (unpaired) electrons. The highest BCUT2D eigenvalue weighted by molar-refractivity contribution is 5.83. The third-order valence-corrected chi connectivity index (χ3v) is 4.68. The molecule has 1 atom stereocenters. The van der Waals surface area contributed by atoms with E-state index in [1.807, 2.05) is 4.90 Å². The van der Waals surface area contributed by atoms with Gasteiger partial charge in [0.1, 0.15) is 0 Å². The number of amides is 1. The van der Waals surface area contributed by atoms with Crippen molar-refractivity contribution in [2.45, 2.75) is 26.2 Å². The number of carbonyl (C=O) groups is 1. The Balaban J connectivity index is 1.92. The first-order valence-corrected chi connectivity index (χ1v) is 7.55. The summed E-state index contributed by atoms with van der Waals surface area (Å²) in [5.41, 5.74) is -0.169. The van der Waals surface area contributed by atoms with Crippen molar-refractivity contribution in [3.05, 3.63) is 0 Å². The molecule has 110 valence electrons. The van der Waals surface area contributed by atoms with Crippen molar-refractivity contribution in [2.75, 3.05) is 52.4 Å². The topological polar surface area (TPSA) is 55.8 Å². The summed E-state index contributed by atoms with van der Waals surface area (Å²) in [5, 5.41) is 12.3. The fourth-order valence-corrected chi connectivity index (χ4v) is 3.25. The quantitative estimate of drug-likeness (QED) is 0.748. The van der Waals surface area contributed by atoms with Crippen LogP contribution in [-0.2, 0) is 4.79 Å². The molecule has 0 saturated carbocycles. The smallest absolute Gasteiger partial charge is 0.230 e. The lowest BCUT2D eigenvalue weighted by Gasteiger charge is -2.42. The van der Waals surface area contributed by atoms with Gasteiger partial charge in [0.15, 0.2) is 0 Å². The first-order valence-electron chi connectivity index (χ1n) is 7.55. The summed E-state index contributed by atoms with van der Waals surface area (Å²) < 4.78 is 0. The van der Waals surface area contributed by atoms with Gasteiger partial charge in [0.25, 0.3) is 0 Å². The third kappa shape index (κ3) is 3.27. The predicted octanol–water partition coefficient (Wildman–Crippen LogP) is -0.0973. The molecule has 0 aliphatic carbocycles. The highest BCUT2D eigenvalue weighted by Gasteiger charge is 2.41. The molecular weight excluding hydrogens is 242 g/mol. The van der Waals surface area contributed by atoms with Crippen LogP contribution in [0.5, 0.6) is 0 Å². The van der Waals surface area contributed by atoms with Gasteiger partial charge >= 0.3 is 0 Å². The number of β-amino-alcohol motifs (C(OH)–C–C–N with tert-alkyl or cyclic N) is 1. The van der Waals surface area contributed by atoms with Gasteiger partial charge in [-0.05, 0) is 25.8 Å². The second-order valence-electron chi connectivity index (χ2n) is 5.77. The number of piperazine rings is 1. The van der Waals surface area contributed by atoms with E-state index in [0.29, 0.717) is 5.91 Å². The fraction of sp³-hybridized carbons (Fsp3) is 0.929. The van der Waals surface area contributed by atoms with Crippen molar-refractivity contribution < 1.29 is 9.90 Å². The summed E-state index contributed by atoms with van der Waals surface area (Å²) in [6.07, 6.45) is 3.05. The molecule has 2 aliphatic heterocycles. The Hall–Kier alpha value is -0.650. The largest absolute Gasteiger partial charge is 0.395 e. The summed E-state index contributed by atoms with van der Waals surface area (Å²) in [6.45, 7) is 8.32. The number of nitrogens with one attached hydrogen (secondary N) is 1. The molecule has 0 spiro atoms. The molecule has 2 saturated heterocycles. The number of hydrogen-bond acceptors (Lipinski definition) is 4. The van der Waals surface area contributed by atoms with E-state index in [1.54, 1.807) is 0 Å². The van der Waals surface area contributed by atoms with Gasteiger partial charge in [0, 0.05) is 39.3 Å². The number of piperidine rings is 1. The summed E-state index contributed by atoms with van der Waals surface area (Å²) in [6, 6.07) is 0. The number of aliphatic hydroxyl groups excluding tert-OH is 1. The van der Waals surface area contributed by atoms with E-state index in [0.717, 1.165) is 65.1 Å². The Morgan fingerprint density at radius 3 is 2.58 bits per heavy atom. The minimum atomic E-state index is -0.169. The normalized spacial score (nSPS) is 29.5. The molecule has 1 amide bonds. The molecular formula is C14H27N3O2. The average molecular weight is 269 g/mol. The van der Waals surface area contributed by atoms with Crippen LogP contribution >= 0.6 is 0 Å². The van der Waals surface area contributed by atoms with E-state index in [9.17, 15) is 4.79 Å². The van der Waals surface area contributed by atoms with Crippen LogP contribution in [0.3, 0.4) is 0 Å². The molecule has 5 nitrogen and oxygen atoms in total. The van der Waals surface area contributed by atoms with Crippen molar-refractivity contribution in [3.8, 4) is 0 Å². The maximum Gasteiger partial charge on any atom is 0.230 e. The van der Waals surface area contributed by atoms with Gasteiger partial charge in [-0.15, -0.1) is 0 Å². The molecule has 2 rings (SSSR count). The number of hydrogen-bond donors (Lipinski definition) is 2. The Kier molecular flexibility index (Phi) is 5.19. The number of aliphatic hydroxyl groups is 1. The highest BCUT2D eigenvalue weighted by atomic mass is 16.3. The third-order valence-electron chi connectivity index (χ3n) is 4.68. The monoisotopic (exact) mass is 269 g/mol. The van der Waals surface area contributed by atoms with E-state index in [4.69, 9.17) is 5.11 Å². The minimum absolute atomic E-state index is 0.169. The zero-order valence-electron chi connectivity index (χ0n) is 12.0. The van der Waals surface area contributed by atoms with Gasteiger partial charge in [0.2, 0.25) is 5.91 Å². The Labute approximate surface area is 115 Å². The van der Waals surface area contributed by atoms with Crippen LogP contribution in [-0.4, -0.2) is 73.2 Å². The number of rotatable bonds is 4. The Morgan fingerprint density at radius 2 is 2.05 bits per heavy atom. The molecule has 2 N–H and O–H groups in total. The zero-order chi connectivity index (χ0) is 13.7.